The first kappa shape index (κ1) is 17.5. The van der Waals surface area contributed by atoms with E-state index in [0.717, 1.165) is 22.1 Å². The number of amides is 2. The summed E-state index contributed by atoms with van der Waals surface area (Å²) >= 11 is 1.45. The van der Waals surface area contributed by atoms with Crippen molar-refractivity contribution < 1.29 is 14.3 Å². The highest BCUT2D eigenvalue weighted by Gasteiger charge is 2.31. The molecule has 6 nitrogen and oxygen atoms in total. The third-order valence-corrected chi connectivity index (χ3v) is 5.38. The van der Waals surface area contributed by atoms with E-state index in [1.165, 1.54) is 11.8 Å². The Morgan fingerprint density at radius 2 is 2.28 bits per heavy atom. The molecule has 0 bridgehead atoms. The van der Waals surface area contributed by atoms with E-state index in [-0.39, 0.29) is 17.9 Å². The minimum absolute atomic E-state index is 0.000491. The number of carbonyl (C=O) groups is 2. The molecule has 25 heavy (non-hydrogen) atoms. The van der Waals surface area contributed by atoms with Crippen LogP contribution in [0.4, 0.5) is 0 Å². The fraction of sp³-hybridized carbons (Fsp3) is 0.389. The van der Waals surface area contributed by atoms with Crippen molar-refractivity contribution >= 4 is 34.3 Å². The van der Waals surface area contributed by atoms with Crippen molar-refractivity contribution in [2.45, 2.75) is 30.7 Å². The molecule has 3 rings (SSSR count). The molecule has 2 aromatic rings. The van der Waals surface area contributed by atoms with E-state index in [2.05, 4.69) is 17.2 Å². The van der Waals surface area contributed by atoms with Gasteiger partial charge in [0.2, 0.25) is 17.7 Å². The van der Waals surface area contributed by atoms with E-state index < -0.39 is 5.91 Å². The summed E-state index contributed by atoms with van der Waals surface area (Å²) in [7, 11) is 0. The molecule has 1 aromatic heterocycles. The van der Waals surface area contributed by atoms with Crippen LogP contribution < -0.4 is 15.8 Å². The Labute approximate surface area is 150 Å². The average Bonchev–Trinajstić information content (AvgIpc) is 2.98. The Morgan fingerprint density at radius 3 is 2.96 bits per heavy atom. The standard InChI is InChI=1S/C18H21N3O3S/c1-3-10-7-16(22)21-14(10)9-24-18-12-8-15(25-2)13(17(19)23)6-11(12)4-5-20-18/h4-6,8,10,14H,3,7,9H2,1-2H3,(H2,19,23)(H,21,22)/t10-,14-/m1/s1. The number of aromatic nitrogens is 1. The number of hydrogen-bond acceptors (Lipinski definition) is 5. The monoisotopic (exact) mass is 359 g/mol. The molecule has 132 valence electrons. The number of nitrogens with zero attached hydrogens (tertiary/aromatic N) is 1. The summed E-state index contributed by atoms with van der Waals surface area (Å²) < 4.78 is 5.93. The average molecular weight is 359 g/mol. The molecule has 2 amide bonds. The molecule has 0 aliphatic carbocycles. The van der Waals surface area contributed by atoms with Gasteiger partial charge >= 0.3 is 0 Å². The van der Waals surface area contributed by atoms with Gasteiger partial charge in [0.05, 0.1) is 11.6 Å². The Kier molecular flexibility index (Phi) is 5.13. The van der Waals surface area contributed by atoms with Gasteiger partial charge in [-0.3, -0.25) is 9.59 Å². The third kappa shape index (κ3) is 3.56. The first-order chi connectivity index (χ1) is 12.0. The lowest BCUT2D eigenvalue weighted by Crippen LogP contribution is -2.34. The molecular formula is C18H21N3O3S. The van der Waals surface area contributed by atoms with Crippen LogP contribution in [0.1, 0.15) is 30.1 Å². The molecule has 2 atom stereocenters. The Bertz CT molecular complexity index is 825. The summed E-state index contributed by atoms with van der Waals surface area (Å²) in [5, 5.41) is 4.64. The summed E-state index contributed by atoms with van der Waals surface area (Å²) in [6.07, 6.45) is 5.01. The summed E-state index contributed by atoms with van der Waals surface area (Å²) in [6, 6.07) is 5.47. The van der Waals surface area contributed by atoms with Crippen LogP contribution in [0.25, 0.3) is 10.8 Å². The van der Waals surface area contributed by atoms with Gasteiger partial charge in [-0.2, -0.15) is 0 Å². The molecule has 3 N–H and O–H groups in total. The van der Waals surface area contributed by atoms with E-state index in [4.69, 9.17) is 10.5 Å². The second kappa shape index (κ2) is 7.31. The fourth-order valence-electron chi connectivity index (χ4n) is 3.19. The lowest BCUT2D eigenvalue weighted by Gasteiger charge is -2.18. The van der Waals surface area contributed by atoms with Crippen molar-refractivity contribution in [1.82, 2.24) is 10.3 Å². The van der Waals surface area contributed by atoms with Crippen molar-refractivity contribution in [1.29, 1.82) is 0 Å². The Hall–Kier alpha value is -2.28. The predicted molar refractivity (Wildman–Crippen MR) is 97.9 cm³/mol. The van der Waals surface area contributed by atoms with Crippen LogP contribution in [-0.2, 0) is 4.79 Å². The summed E-state index contributed by atoms with van der Waals surface area (Å²) in [4.78, 5) is 28.4. The number of primary amides is 1. The maximum atomic E-state index is 11.6. The molecular weight excluding hydrogens is 338 g/mol. The van der Waals surface area contributed by atoms with Gasteiger partial charge in [-0.05, 0) is 35.8 Å². The third-order valence-electron chi connectivity index (χ3n) is 4.60. The molecule has 1 aromatic carbocycles. The summed E-state index contributed by atoms with van der Waals surface area (Å²) in [6.45, 7) is 2.45. The smallest absolute Gasteiger partial charge is 0.249 e. The van der Waals surface area contributed by atoms with Gasteiger partial charge in [-0.15, -0.1) is 11.8 Å². The van der Waals surface area contributed by atoms with Gasteiger partial charge in [0.1, 0.15) is 6.61 Å². The van der Waals surface area contributed by atoms with E-state index in [1.807, 2.05) is 18.4 Å². The van der Waals surface area contributed by atoms with Crippen LogP contribution in [0.3, 0.4) is 0 Å². The summed E-state index contributed by atoms with van der Waals surface area (Å²) in [5.74, 6) is 0.401. The molecule has 1 saturated heterocycles. The van der Waals surface area contributed by atoms with Crippen LogP contribution in [0.2, 0.25) is 0 Å². The zero-order valence-corrected chi connectivity index (χ0v) is 15.1. The first-order valence-corrected chi connectivity index (χ1v) is 9.44. The highest BCUT2D eigenvalue weighted by molar-refractivity contribution is 7.98. The maximum Gasteiger partial charge on any atom is 0.249 e. The van der Waals surface area contributed by atoms with Crippen molar-refractivity contribution in [3.05, 3.63) is 30.0 Å². The Morgan fingerprint density at radius 1 is 1.48 bits per heavy atom. The zero-order chi connectivity index (χ0) is 18.0. The lowest BCUT2D eigenvalue weighted by atomic mass is 9.98. The number of fused-ring (bicyclic) bond motifs is 1. The molecule has 1 aliphatic heterocycles. The number of rotatable bonds is 6. The number of thioether (sulfide) groups is 1. The normalized spacial score (nSPS) is 19.8. The SMILES string of the molecule is CC[C@@H]1CC(=O)N[C@@H]1COc1nccc2cc(C(N)=O)c(SC)cc12. The number of nitrogens with one attached hydrogen (secondary N) is 1. The summed E-state index contributed by atoms with van der Waals surface area (Å²) in [5.41, 5.74) is 5.96. The number of carbonyl (C=O) groups excluding carboxylic acids is 2. The lowest BCUT2D eigenvalue weighted by molar-refractivity contribution is -0.119. The zero-order valence-electron chi connectivity index (χ0n) is 14.2. The molecule has 0 radical (unpaired) electrons. The molecule has 0 saturated carbocycles. The van der Waals surface area contributed by atoms with E-state index >= 15 is 0 Å². The maximum absolute atomic E-state index is 11.6. The van der Waals surface area contributed by atoms with Crippen LogP contribution in [-0.4, -0.2) is 35.7 Å². The number of benzene rings is 1. The van der Waals surface area contributed by atoms with Crippen molar-refractivity contribution in [3.8, 4) is 5.88 Å². The quantitative estimate of drug-likeness (QED) is 0.772. The minimum Gasteiger partial charge on any atom is -0.475 e. The van der Waals surface area contributed by atoms with Crippen LogP contribution in [0, 0.1) is 5.92 Å². The number of ether oxygens (including phenoxy) is 1. The van der Waals surface area contributed by atoms with Gasteiger partial charge < -0.3 is 15.8 Å². The topological polar surface area (TPSA) is 94.3 Å². The molecule has 2 heterocycles. The molecule has 0 spiro atoms. The van der Waals surface area contributed by atoms with Crippen molar-refractivity contribution in [3.63, 3.8) is 0 Å². The molecule has 1 aliphatic rings. The number of pyridine rings is 1. The molecule has 1 fully saturated rings. The molecule has 0 unspecified atom stereocenters. The minimum atomic E-state index is -0.454. The van der Waals surface area contributed by atoms with E-state index in [0.29, 0.717) is 24.5 Å². The highest BCUT2D eigenvalue weighted by atomic mass is 32.2. The first-order valence-electron chi connectivity index (χ1n) is 8.22. The van der Waals surface area contributed by atoms with Gasteiger partial charge in [0.25, 0.3) is 0 Å². The van der Waals surface area contributed by atoms with Crippen molar-refractivity contribution in [2.75, 3.05) is 12.9 Å². The van der Waals surface area contributed by atoms with E-state index in [9.17, 15) is 9.59 Å². The highest BCUT2D eigenvalue weighted by Crippen LogP contribution is 2.31. The number of nitrogens with two attached hydrogens (primary N) is 1. The second-order valence-electron chi connectivity index (χ2n) is 6.11. The number of hydrogen-bond donors (Lipinski definition) is 2. The van der Waals surface area contributed by atoms with Crippen LogP contribution in [0.5, 0.6) is 5.88 Å². The van der Waals surface area contributed by atoms with Gasteiger partial charge in [0.15, 0.2) is 0 Å². The van der Waals surface area contributed by atoms with Gasteiger partial charge in [-0.1, -0.05) is 13.3 Å². The van der Waals surface area contributed by atoms with Crippen molar-refractivity contribution in [2.24, 2.45) is 11.7 Å². The van der Waals surface area contributed by atoms with Crippen LogP contribution in [0.15, 0.2) is 29.3 Å². The Balaban J connectivity index is 1.89. The van der Waals surface area contributed by atoms with E-state index in [1.54, 1.807) is 12.3 Å². The second-order valence-corrected chi connectivity index (χ2v) is 6.96. The fourth-order valence-corrected chi connectivity index (χ4v) is 3.81. The van der Waals surface area contributed by atoms with Crippen LogP contribution >= 0.6 is 11.8 Å². The molecule has 7 heteroatoms. The van der Waals surface area contributed by atoms with Gasteiger partial charge in [0, 0.05) is 22.9 Å². The van der Waals surface area contributed by atoms with Gasteiger partial charge in [-0.25, -0.2) is 4.98 Å². The predicted octanol–water partition coefficient (Wildman–Crippen LogP) is 2.35. The largest absolute Gasteiger partial charge is 0.475 e.